The number of piperidine rings is 1. The SMILES string of the molecule is CNCc1ccc(F)c(CN2CCC(C(C)(C)C)CC2)c1. The maximum absolute atomic E-state index is 14.0. The topological polar surface area (TPSA) is 15.3 Å². The predicted molar refractivity (Wildman–Crippen MR) is 86.6 cm³/mol. The normalized spacial score (nSPS) is 18.1. The first kappa shape index (κ1) is 16.4. The molecule has 0 aromatic heterocycles. The van der Waals surface area contributed by atoms with E-state index in [2.05, 4.69) is 31.0 Å². The van der Waals surface area contributed by atoms with Gasteiger partial charge in [-0.3, -0.25) is 4.90 Å². The molecular weight excluding hydrogens is 263 g/mol. The molecule has 0 spiro atoms. The van der Waals surface area contributed by atoms with Crippen molar-refractivity contribution in [2.45, 2.75) is 46.7 Å². The Morgan fingerprint density at radius 3 is 2.48 bits per heavy atom. The number of nitrogens with one attached hydrogen (secondary N) is 1. The number of nitrogens with zero attached hydrogens (tertiary/aromatic N) is 1. The number of likely N-dealkylation sites (tertiary alicyclic amines) is 1. The highest BCUT2D eigenvalue weighted by Gasteiger charge is 2.28. The molecule has 1 aliphatic rings. The summed E-state index contributed by atoms with van der Waals surface area (Å²) in [4.78, 5) is 2.39. The van der Waals surface area contributed by atoms with E-state index in [0.29, 0.717) is 5.41 Å². The van der Waals surface area contributed by atoms with E-state index < -0.39 is 0 Å². The van der Waals surface area contributed by atoms with Crippen LogP contribution in [0.5, 0.6) is 0 Å². The molecular formula is C18H29FN2. The van der Waals surface area contributed by atoms with Crippen LogP contribution in [0.2, 0.25) is 0 Å². The number of halogens is 1. The Bertz CT molecular complexity index is 457. The smallest absolute Gasteiger partial charge is 0.127 e. The summed E-state index contributed by atoms with van der Waals surface area (Å²) in [5.74, 6) is 0.710. The summed E-state index contributed by atoms with van der Waals surface area (Å²) in [6, 6.07) is 5.47. The van der Waals surface area contributed by atoms with Crippen molar-refractivity contribution in [2.24, 2.45) is 11.3 Å². The van der Waals surface area contributed by atoms with Crippen molar-refractivity contribution in [1.29, 1.82) is 0 Å². The van der Waals surface area contributed by atoms with Gasteiger partial charge in [-0.25, -0.2) is 4.39 Å². The van der Waals surface area contributed by atoms with Gasteiger partial charge in [-0.2, -0.15) is 0 Å². The molecule has 1 aliphatic heterocycles. The van der Waals surface area contributed by atoms with E-state index in [1.54, 1.807) is 6.07 Å². The highest BCUT2D eigenvalue weighted by atomic mass is 19.1. The van der Waals surface area contributed by atoms with Gasteiger partial charge in [0, 0.05) is 18.7 Å². The molecule has 0 radical (unpaired) electrons. The summed E-state index contributed by atoms with van der Waals surface area (Å²) in [6.07, 6.45) is 2.45. The summed E-state index contributed by atoms with van der Waals surface area (Å²) in [5.41, 5.74) is 2.37. The summed E-state index contributed by atoms with van der Waals surface area (Å²) in [6.45, 7) is 10.7. The minimum Gasteiger partial charge on any atom is -0.316 e. The molecule has 0 bridgehead atoms. The van der Waals surface area contributed by atoms with Gasteiger partial charge in [0.1, 0.15) is 5.82 Å². The Kier molecular flexibility index (Phi) is 5.39. The van der Waals surface area contributed by atoms with E-state index in [9.17, 15) is 4.39 Å². The van der Waals surface area contributed by atoms with E-state index in [4.69, 9.17) is 0 Å². The van der Waals surface area contributed by atoms with Crippen LogP contribution in [-0.4, -0.2) is 25.0 Å². The van der Waals surface area contributed by atoms with Gasteiger partial charge in [0.05, 0.1) is 0 Å². The van der Waals surface area contributed by atoms with Crippen molar-refractivity contribution in [1.82, 2.24) is 10.2 Å². The average Bonchev–Trinajstić information content (AvgIpc) is 2.42. The minimum absolute atomic E-state index is 0.0761. The van der Waals surface area contributed by atoms with E-state index >= 15 is 0 Å². The van der Waals surface area contributed by atoms with Crippen LogP contribution in [0.1, 0.15) is 44.7 Å². The van der Waals surface area contributed by atoms with Crippen LogP contribution in [0.25, 0.3) is 0 Å². The van der Waals surface area contributed by atoms with Crippen molar-refractivity contribution in [3.05, 3.63) is 35.1 Å². The molecule has 0 aliphatic carbocycles. The first-order valence-electron chi connectivity index (χ1n) is 8.04. The standard InChI is InChI=1S/C18H29FN2/c1-18(2,3)16-7-9-21(10-8-16)13-15-11-14(12-20-4)5-6-17(15)19/h5-6,11,16,20H,7-10,12-13H2,1-4H3. The van der Waals surface area contributed by atoms with Crippen LogP contribution in [0.15, 0.2) is 18.2 Å². The summed E-state index contributed by atoms with van der Waals surface area (Å²) in [7, 11) is 1.92. The van der Waals surface area contributed by atoms with Crippen molar-refractivity contribution in [3.8, 4) is 0 Å². The lowest BCUT2D eigenvalue weighted by atomic mass is 9.75. The second-order valence-corrected chi connectivity index (χ2v) is 7.37. The zero-order chi connectivity index (χ0) is 15.5. The largest absolute Gasteiger partial charge is 0.316 e. The third-order valence-corrected chi connectivity index (χ3v) is 4.70. The molecule has 0 unspecified atom stereocenters. The van der Waals surface area contributed by atoms with Crippen LogP contribution >= 0.6 is 0 Å². The zero-order valence-electron chi connectivity index (χ0n) is 13.9. The van der Waals surface area contributed by atoms with Crippen molar-refractivity contribution >= 4 is 0 Å². The van der Waals surface area contributed by atoms with E-state index in [0.717, 1.165) is 43.2 Å². The quantitative estimate of drug-likeness (QED) is 0.908. The second kappa shape index (κ2) is 6.89. The monoisotopic (exact) mass is 292 g/mol. The average molecular weight is 292 g/mol. The van der Waals surface area contributed by atoms with Crippen LogP contribution in [-0.2, 0) is 13.1 Å². The van der Waals surface area contributed by atoms with Crippen LogP contribution < -0.4 is 5.32 Å². The number of hydrogen-bond donors (Lipinski definition) is 1. The molecule has 1 fully saturated rings. The molecule has 1 saturated heterocycles. The molecule has 118 valence electrons. The molecule has 0 atom stereocenters. The van der Waals surface area contributed by atoms with Gasteiger partial charge < -0.3 is 5.32 Å². The zero-order valence-corrected chi connectivity index (χ0v) is 13.9. The molecule has 1 aromatic rings. The van der Waals surface area contributed by atoms with E-state index in [1.807, 2.05) is 19.2 Å². The predicted octanol–water partition coefficient (Wildman–Crippen LogP) is 3.80. The van der Waals surface area contributed by atoms with Gasteiger partial charge in [0.2, 0.25) is 0 Å². The molecule has 2 rings (SSSR count). The van der Waals surface area contributed by atoms with Crippen molar-refractivity contribution < 1.29 is 4.39 Å². The molecule has 1 N–H and O–H groups in total. The summed E-state index contributed by atoms with van der Waals surface area (Å²) < 4.78 is 14.0. The third kappa shape index (κ3) is 4.52. The fraction of sp³-hybridized carbons (Fsp3) is 0.667. The molecule has 2 nitrogen and oxygen atoms in total. The van der Waals surface area contributed by atoms with Gasteiger partial charge in [-0.1, -0.05) is 32.9 Å². The Morgan fingerprint density at radius 1 is 1.24 bits per heavy atom. The third-order valence-electron chi connectivity index (χ3n) is 4.70. The van der Waals surface area contributed by atoms with Crippen LogP contribution in [0.3, 0.4) is 0 Å². The Morgan fingerprint density at radius 2 is 1.90 bits per heavy atom. The molecule has 0 amide bonds. The Balaban J connectivity index is 1.95. The highest BCUT2D eigenvalue weighted by Crippen LogP contribution is 2.34. The lowest BCUT2D eigenvalue weighted by Crippen LogP contribution is -2.37. The maximum atomic E-state index is 14.0. The van der Waals surface area contributed by atoms with Gasteiger partial charge in [-0.05, 0) is 55.9 Å². The molecule has 3 heteroatoms. The lowest BCUT2D eigenvalue weighted by molar-refractivity contribution is 0.107. The van der Waals surface area contributed by atoms with Gasteiger partial charge in [0.25, 0.3) is 0 Å². The first-order chi connectivity index (χ1) is 9.90. The molecule has 1 aromatic carbocycles. The highest BCUT2D eigenvalue weighted by molar-refractivity contribution is 5.25. The minimum atomic E-state index is -0.0761. The first-order valence-corrected chi connectivity index (χ1v) is 8.04. The number of hydrogen-bond acceptors (Lipinski definition) is 2. The lowest BCUT2D eigenvalue weighted by Gasteiger charge is -2.38. The maximum Gasteiger partial charge on any atom is 0.127 e. The molecule has 21 heavy (non-hydrogen) atoms. The number of rotatable bonds is 4. The fourth-order valence-electron chi connectivity index (χ4n) is 3.26. The van der Waals surface area contributed by atoms with Crippen molar-refractivity contribution in [3.63, 3.8) is 0 Å². The van der Waals surface area contributed by atoms with Crippen LogP contribution in [0.4, 0.5) is 4.39 Å². The fourth-order valence-corrected chi connectivity index (χ4v) is 3.26. The van der Waals surface area contributed by atoms with E-state index in [-0.39, 0.29) is 5.82 Å². The number of benzene rings is 1. The van der Waals surface area contributed by atoms with Crippen LogP contribution in [0, 0.1) is 17.2 Å². The molecule has 1 heterocycles. The Hall–Kier alpha value is -0.930. The van der Waals surface area contributed by atoms with Gasteiger partial charge in [-0.15, -0.1) is 0 Å². The molecule has 0 saturated carbocycles. The summed E-state index contributed by atoms with van der Waals surface area (Å²) >= 11 is 0. The summed E-state index contributed by atoms with van der Waals surface area (Å²) in [5, 5.41) is 3.12. The van der Waals surface area contributed by atoms with Crippen molar-refractivity contribution in [2.75, 3.05) is 20.1 Å². The van der Waals surface area contributed by atoms with Gasteiger partial charge >= 0.3 is 0 Å². The Labute approximate surface area is 128 Å². The van der Waals surface area contributed by atoms with E-state index in [1.165, 1.54) is 12.8 Å². The second-order valence-electron chi connectivity index (χ2n) is 7.37. The van der Waals surface area contributed by atoms with Gasteiger partial charge in [0.15, 0.2) is 0 Å².